The molecule has 0 saturated heterocycles. The molecule has 1 N–H and O–H groups in total. The average Bonchev–Trinajstić information content (AvgIpc) is 2.73. The summed E-state index contributed by atoms with van der Waals surface area (Å²) in [4.78, 5) is 10.8. The van der Waals surface area contributed by atoms with E-state index in [1.54, 1.807) is 5.57 Å². The Morgan fingerprint density at radius 2 is 2.03 bits per heavy atom. The summed E-state index contributed by atoms with van der Waals surface area (Å²) in [6.07, 6.45) is 18.8. The van der Waals surface area contributed by atoms with Crippen LogP contribution in [0.2, 0.25) is 0 Å². The largest absolute Gasteiger partial charge is 0.390 e. The van der Waals surface area contributed by atoms with E-state index in [0.29, 0.717) is 11.3 Å². The lowest BCUT2D eigenvalue weighted by Gasteiger charge is -2.56. The van der Waals surface area contributed by atoms with Crippen LogP contribution in [0.4, 0.5) is 0 Å². The van der Waals surface area contributed by atoms with Crippen molar-refractivity contribution in [3.05, 3.63) is 11.6 Å². The molecule has 166 valence electrons. The molecule has 3 rings (SSSR count). The molecular weight excluding hydrogens is 356 g/mol. The van der Waals surface area contributed by atoms with Gasteiger partial charge < -0.3 is 9.90 Å². The highest BCUT2D eigenvalue weighted by molar-refractivity contribution is 5.49. The quantitative estimate of drug-likeness (QED) is 0.330. The molecule has 29 heavy (non-hydrogen) atoms. The van der Waals surface area contributed by atoms with Gasteiger partial charge in [-0.3, -0.25) is 0 Å². The molecule has 0 bridgehead atoms. The minimum Gasteiger partial charge on any atom is -0.390 e. The minimum absolute atomic E-state index is 0.338. The van der Waals surface area contributed by atoms with Crippen molar-refractivity contribution in [2.45, 2.75) is 117 Å². The van der Waals surface area contributed by atoms with Gasteiger partial charge in [0.05, 0.1) is 5.60 Å². The third-order valence-electron chi connectivity index (χ3n) is 9.67. The predicted octanol–water partition coefficient (Wildman–Crippen LogP) is 7.10. The zero-order chi connectivity index (χ0) is 21.1. The number of hydrogen-bond acceptors (Lipinski definition) is 2. The van der Waals surface area contributed by atoms with Gasteiger partial charge in [-0.05, 0) is 92.8 Å². The van der Waals surface area contributed by atoms with Gasteiger partial charge in [-0.15, -0.1) is 0 Å². The maximum absolute atomic E-state index is 10.9. The molecule has 3 aliphatic rings. The average molecular weight is 403 g/mol. The van der Waals surface area contributed by atoms with Crippen molar-refractivity contribution < 1.29 is 9.90 Å². The van der Waals surface area contributed by atoms with E-state index >= 15 is 0 Å². The summed E-state index contributed by atoms with van der Waals surface area (Å²) in [6.45, 7) is 9.36. The fraction of sp³-hybridized carbons (Fsp3) is 0.889. The van der Waals surface area contributed by atoms with Crippen LogP contribution < -0.4 is 0 Å². The van der Waals surface area contributed by atoms with Crippen molar-refractivity contribution in [2.24, 2.45) is 35.0 Å². The van der Waals surface area contributed by atoms with Gasteiger partial charge in [0, 0.05) is 6.42 Å². The molecule has 0 unspecified atom stereocenters. The molecule has 0 spiro atoms. The number of aldehydes is 1. The Morgan fingerprint density at radius 1 is 1.24 bits per heavy atom. The molecular formula is C27H46O2. The van der Waals surface area contributed by atoms with Gasteiger partial charge in [-0.1, -0.05) is 58.6 Å². The molecule has 2 nitrogen and oxygen atoms in total. The van der Waals surface area contributed by atoms with Crippen molar-refractivity contribution in [1.82, 2.24) is 0 Å². The van der Waals surface area contributed by atoms with Gasteiger partial charge in [0.2, 0.25) is 0 Å². The van der Waals surface area contributed by atoms with Gasteiger partial charge in [0.15, 0.2) is 0 Å². The van der Waals surface area contributed by atoms with Crippen molar-refractivity contribution in [1.29, 1.82) is 0 Å². The smallest absolute Gasteiger partial charge is 0.120 e. The molecule has 0 aromatic rings. The van der Waals surface area contributed by atoms with E-state index in [0.717, 1.165) is 62.1 Å². The second-order valence-electron chi connectivity index (χ2n) is 11.1. The summed E-state index contributed by atoms with van der Waals surface area (Å²) >= 11 is 0. The first-order valence-electron chi connectivity index (χ1n) is 12.7. The molecule has 0 aromatic heterocycles. The SMILES string of the molecule is CC[C@H](CC[C@@H]1CCC[C@H]2[C@H]1CC=C1C[C@](O)(CC)CC[C@@]12C)[C@H](C)CCC=O. The zero-order valence-electron chi connectivity index (χ0n) is 19.6. The summed E-state index contributed by atoms with van der Waals surface area (Å²) in [5.74, 6) is 4.01. The van der Waals surface area contributed by atoms with Gasteiger partial charge in [-0.25, -0.2) is 0 Å². The van der Waals surface area contributed by atoms with Crippen LogP contribution in [0.25, 0.3) is 0 Å². The molecule has 2 heteroatoms. The van der Waals surface area contributed by atoms with Crippen molar-refractivity contribution in [2.75, 3.05) is 0 Å². The molecule has 7 atom stereocenters. The lowest BCUT2D eigenvalue weighted by molar-refractivity contribution is -0.108. The first-order chi connectivity index (χ1) is 13.9. The molecule has 0 aromatic carbocycles. The first kappa shape index (κ1) is 23.0. The highest BCUT2D eigenvalue weighted by Gasteiger charge is 2.51. The summed E-state index contributed by atoms with van der Waals surface area (Å²) in [6, 6.07) is 0. The van der Waals surface area contributed by atoms with E-state index in [-0.39, 0.29) is 0 Å². The van der Waals surface area contributed by atoms with E-state index in [2.05, 4.69) is 33.8 Å². The third kappa shape index (κ3) is 4.83. The normalized spacial score (nSPS) is 39.1. The Kier molecular flexibility index (Phi) is 7.68. The molecule has 0 heterocycles. The van der Waals surface area contributed by atoms with Gasteiger partial charge in [-0.2, -0.15) is 0 Å². The van der Waals surface area contributed by atoms with Crippen LogP contribution in [-0.4, -0.2) is 17.0 Å². The Bertz CT molecular complexity index is 581. The van der Waals surface area contributed by atoms with E-state index < -0.39 is 5.60 Å². The van der Waals surface area contributed by atoms with Crippen molar-refractivity contribution in [3.8, 4) is 0 Å². The van der Waals surface area contributed by atoms with Crippen molar-refractivity contribution >= 4 is 6.29 Å². The fourth-order valence-electron chi connectivity index (χ4n) is 7.36. The first-order valence-corrected chi connectivity index (χ1v) is 12.7. The van der Waals surface area contributed by atoms with Crippen LogP contribution in [0.5, 0.6) is 0 Å². The second-order valence-corrected chi connectivity index (χ2v) is 11.1. The van der Waals surface area contributed by atoms with Crippen LogP contribution in [0, 0.1) is 35.0 Å². The molecule has 0 radical (unpaired) electrons. The maximum atomic E-state index is 10.9. The van der Waals surface area contributed by atoms with Gasteiger partial charge >= 0.3 is 0 Å². The lowest BCUT2D eigenvalue weighted by Crippen LogP contribution is -2.48. The summed E-state index contributed by atoms with van der Waals surface area (Å²) in [5.41, 5.74) is 1.48. The number of hydrogen-bond donors (Lipinski definition) is 1. The number of aliphatic hydroxyl groups is 1. The highest BCUT2D eigenvalue weighted by atomic mass is 16.3. The molecule has 3 aliphatic carbocycles. The van der Waals surface area contributed by atoms with Crippen LogP contribution in [0.1, 0.15) is 111 Å². The van der Waals surface area contributed by atoms with E-state index in [9.17, 15) is 9.90 Å². The minimum atomic E-state index is -0.446. The van der Waals surface area contributed by atoms with Crippen LogP contribution >= 0.6 is 0 Å². The number of fused-ring (bicyclic) bond motifs is 3. The number of carbonyl (C=O) groups is 1. The third-order valence-corrected chi connectivity index (χ3v) is 9.67. The van der Waals surface area contributed by atoms with E-state index in [4.69, 9.17) is 0 Å². The molecule has 2 saturated carbocycles. The monoisotopic (exact) mass is 402 g/mol. The zero-order valence-corrected chi connectivity index (χ0v) is 19.6. The standard InChI is InChI=1S/C27H46O2/c1-5-21(20(3)9-8-18-28)12-13-22-10-7-11-25-24(22)15-14-23-19-27(29,6-2)17-16-26(23,25)4/h14,18,20-22,24-25,29H,5-13,15-17,19H2,1-4H3/t20-,21-,22+,24+,25+,26+,27+/m1/s1. The van der Waals surface area contributed by atoms with Crippen LogP contribution in [-0.2, 0) is 4.79 Å². The Morgan fingerprint density at radius 3 is 2.72 bits per heavy atom. The van der Waals surface area contributed by atoms with Crippen LogP contribution in [0.15, 0.2) is 11.6 Å². The highest BCUT2D eigenvalue weighted by Crippen LogP contribution is 2.60. The summed E-state index contributed by atoms with van der Waals surface area (Å²) in [5, 5.41) is 10.9. The maximum Gasteiger partial charge on any atom is 0.120 e. The summed E-state index contributed by atoms with van der Waals surface area (Å²) < 4.78 is 0. The topological polar surface area (TPSA) is 37.3 Å². The fourth-order valence-corrected chi connectivity index (χ4v) is 7.36. The number of rotatable bonds is 9. The molecule has 0 aliphatic heterocycles. The molecule has 2 fully saturated rings. The Balaban J connectivity index is 1.66. The Labute approximate surface area is 179 Å². The van der Waals surface area contributed by atoms with Gasteiger partial charge in [0.25, 0.3) is 0 Å². The lowest BCUT2D eigenvalue weighted by atomic mass is 9.50. The Hall–Kier alpha value is -0.630. The number of allylic oxidation sites excluding steroid dienone is 1. The van der Waals surface area contributed by atoms with Gasteiger partial charge in [0.1, 0.15) is 6.29 Å². The molecule has 0 amide bonds. The predicted molar refractivity (Wildman–Crippen MR) is 122 cm³/mol. The number of carbonyl (C=O) groups excluding carboxylic acids is 1. The van der Waals surface area contributed by atoms with Crippen LogP contribution in [0.3, 0.4) is 0 Å². The summed E-state index contributed by atoms with van der Waals surface area (Å²) in [7, 11) is 0. The van der Waals surface area contributed by atoms with Crippen molar-refractivity contribution in [3.63, 3.8) is 0 Å². The van der Waals surface area contributed by atoms with E-state index in [1.807, 2.05) is 0 Å². The van der Waals surface area contributed by atoms with E-state index in [1.165, 1.54) is 51.4 Å². The second kappa shape index (κ2) is 9.67.